The van der Waals surface area contributed by atoms with Gasteiger partial charge in [0.1, 0.15) is 12.1 Å². The summed E-state index contributed by atoms with van der Waals surface area (Å²) in [6.45, 7) is 2.41. The molecule has 88 valence electrons. The van der Waals surface area contributed by atoms with E-state index in [2.05, 4.69) is 15.3 Å². The van der Waals surface area contributed by atoms with Gasteiger partial charge in [0.2, 0.25) is 5.88 Å². The highest BCUT2D eigenvalue weighted by Crippen LogP contribution is 2.11. The maximum absolute atomic E-state index is 10.4. The normalized spacial score (nSPS) is 11.9. The summed E-state index contributed by atoms with van der Waals surface area (Å²) in [7, 11) is 1.53. The third-order valence-electron chi connectivity index (χ3n) is 2.01. The third kappa shape index (κ3) is 4.12. The van der Waals surface area contributed by atoms with Gasteiger partial charge in [-0.25, -0.2) is 9.97 Å². The van der Waals surface area contributed by atoms with E-state index in [9.17, 15) is 4.79 Å². The molecule has 6 heteroatoms. The summed E-state index contributed by atoms with van der Waals surface area (Å²) < 4.78 is 4.94. The maximum atomic E-state index is 10.4. The Labute approximate surface area is 93.7 Å². The summed E-state index contributed by atoms with van der Waals surface area (Å²) in [6, 6.07) is 1.66. The predicted molar refractivity (Wildman–Crippen MR) is 58.5 cm³/mol. The van der Waals surface area contributed by atoms with Crippen molar-refractivity contribution >= 4 is 11.8 Å². The molecule has 1 rings (SSSR count). The van der Waals surface area contributed by atoms with Crippen LogP contribution >= 0.6 is 0 Å². The van der Waals surface area contributed by atoms with Gasteiger partial charge in [-0.05, 0) is 5.92 Å². The number of anilines is 1. The summed E-state index contributed by atoms with van der Waals surface area (Å²) in [5.41, 5.74) is 0. The van der Waals surface area contributed by atoms with Crippen molar-refractivity contribution in [2.45, 2.75) is 13.3 Å². The standard InChI is InChI=1S/C10H15N3O3/c1-7(3-10(14)15)5-11-8-4-9(16-2)13-6-12-8/h4,6-7H,3,5H2,1-2H3,(H,14,15)(H,11,12,13). The van der Waals surface area contributed by atoms with Gasteiger partial charge in [-0.2, -0.15) is 0 Å². The Morgan fingerprint density at radius 1 is 1.62 bits per heavy atom. The number of methoxy groups -OCH3 is 1. The number of nitrogens with one attached hydrogen (secondary N) is 1. The number of ether oxygens (including phenoxy) is 1. The Morgan fingerprint density at radius 3 is 3.00 bits per heavy atom. The van der Waals surface area contributed by atoms with Gasteiger partial charge in [0.15, 0.2) is 0 Å². The van der Waals surface area contributed by atoms with E-state index >= 15 is 0 Å². The van der Waals surface area contributed by atoms with Crippen molar-refractivity contribution in [2.75, 3.05) is 19.0 Å². The molecule has 1 aromatic rings. The Hall–Kier alpha value is -1.85. The number of hydrogen-bond donors (Lipinski definition) is 2. The molecule has 0 aliphatic heterocycles. The molecule has 1 heterocycles. The van der Waals surface area contributed by atoms with Crippen LogP contribution < -0.4 is 10.1 Å². The number of aromatic nitrogens is 2. The smallest absolute Gasteiger partial charge is 0.303 e. The van der Waals surface area contributed by atoms with Crippen molar-refractivity contribution in [3.8, 4) is 5.88 Å². The summed E-state index contributed by atoms with van der Waals surface area (Å²) in [6.07, 6.45) is 1.53. The second kappa shape index (κ2) is 5.89. The average molecular weight is 225 g/mol. The largest absolute Gasteiger partial charge is 0.481 e. The number of nitrogens with zero attached hydrogens (tertiary/aromatic N) is 2. The zero-order chi connectivity index (χ0) is 12.0. The lowest BCUT2D eigenvalue weighted by Crippen LogP contribution is -2.15. The first-order valence-electron chi connectivity index (χ1n) is 4.93. The molecule has 0 amide bonds. The van der Waals surface area contributed by atoms with E-state index < -0.39 is 5.97 Å². The average Bonchev–Trinajstić information content (AvgIpc) is 2.26. The molecule has 0 aliphatic carbocycles. The fraction of sp³-hybridized carbons (Fsp3) is 0.500. The topological polar surface area (TPSA) is 84.3 Å². The molecule has 0 spiro atoms. The number of aliphatic carboxylic acids is 1. The molecule has 1 atom stereocenters. The molecule has 0 bridgehead atoms. The highest BCUT2D eigenvalue weighted by atomic mass is 16.5. The highest BCUT2D eigenvalue weighted by molar-refractivity contribution is 5.67. The second-order valence-corrected chi connectivity index (χ2v) is 3.53. The number of rotatable bonds is 6. The number of carboxylic acid groups (broad SMARTS) is 1. The van der Waals surface area contributed by atoms with E-state index in [1.54, 1.807) is 6.07 Å². The van der Waals surface area contributed by atoms with Gasteiger partial charge in [-0.3, -0.25) is 4.79 Å². The quantitative estimate of drug-likeness (QED) is 0.751. The molecule has 0 radical (unpaired) electrons. The molecule has 0 fully saturated rings. The Morgan fingerprint density at radius 2 is 2.38 bits per heavy atom. The first-order valence-corrected chi connectivity index (χ1v) is 4.93. The highest BCUT2D eigenvalue weighted by Gasteiger charge is 2.07. The lowest BCUT2D eigenvalue weighted by atomic mass is 10.1. The van der Waals surface area contributed by atoms with E-state index in [4.69, 9.17) is 9.84 Å². The van der Waals surface area contributed by atoms with E-state index in [-0.39, 0.29) is 12.3 Å². The van der Waals surface area contributed by atoms with Gasteiger partial charge in [-0.15, -0.1) is 0 Å². The summed E-state index contributed by atoms with van der Waals surface area (Å²) in [5, 5.41) is 11.6. The van der Waals surface area contributed by atoms with E-state index in [0.29, 0.717) is 18.2 Å². The van der Waals surface area contributed by atoms with Crippen molar-refractivity contribution in [3.05, 3.63) is 12.4 Å². The first-order chi connectivity index (χ1) is 7.61. The lowest BCUT2D eigenvalue weighted by molar-refractivity contribution is -0.137. The van der Waals surface area contributed by atoms with Gasteiger partial charge in [-0.1, -0.05) is 6.92 Å². The van der Waals surface area contributed by atoms with Crippen molar-refractivity contribution in [2.24, 2.45) is 5.92 Å². The number of carbonyl (C=O) groups is 1. The Balaban J connectivity index is 2.44. The van der Waals surface area contributed by atoms with Crippen LogP contribution in [0.25, 0.3) is 0 Å². The zero-order valence-electron chi connectivity index (χ0n) is 9.30. The molecule has 0 aromatic carbocycles. The van der Waals surface area contributed by atoms with Crippen LogP contribution in [0.3, 0.4) is 0 Å². The van der Waals surface area contributed by atoms with Crippen LogP contribution in [0.1, 0.15) is 13.3 Å². The number of carboxylic acids is 1. The monoisotopic (exact) mass is 225 g/mol. The van der Waals surface area contributed by atoms with E-state index in [1.807, 2.05) is 6.92 Å². The molecule has 0 saturated heterocycles. The molecule has 2 N–H and O–H groups in total. The zero-order valence-corrected chi connectivity index (χ0v) is 9.30. The lowest BCUT2D eigenvalue weighted by Gasteiger charge is -2.10. The van der Waals surface area contributed by atoms with Crippen molar-refractivity contribution < 1.29 is 14.6 Å². The minimum atomic E-state index is -0.797. The minimum absolute atomic E-state index is 0.0402. The van der Waals surface area contributed by atoms with Gasteiger partial charge < -0.3 is 15.2 Å². The minimum Gasteiger partial charge on any atom is -0.481 e. The summed E-state index contributed by atoms with van der Waals surface area (Å²) in [4.78, 5) is 18.3. The van der Waals surface area contributed by atoms with Crippen LogP contribution in [0.4, 0.5) is 5.82 Å². The molecule has 16 heavy (non-hydrogen) atoms. The fourth-order valence-corrected chi connectivity index (χ4v) is 1.20. The molecule has 1 aromatic heterocycles. The second-order valence-electron chi connectivity index (χ2n) is 3.53. The fourth-order valence-electron chi connectivity index (χ4n) is 1.20. The Kier molecular flexibility index (Phi) is 4.50. The number of hydrogen-bond acceptors (Lipinski definition) is 5. The van der Waals surface area contributed by atoms with Crippen molar-refractivity contribution in [1.29, 1.82) is 0 Å². The SMILES string of the molecule is COc1cc(NCC(C)CC(=O)O)ncn1. The molecule has 1 unspecified atom stereocenters. The third-order valence-corrected chi connectivity index (χ3v) is 2.01. The summed E-state index contributed by atoms with van der Waals surface area (Å²) in [5.74, 6) is 0.348. The van der Waals surface area contributed by atoms with E-state index in [1.165, 1.54) is 13.4 Å². The van der Waals surface area contributed by atoms with E-state index in [0.717, 1.165) is 0 Å². The molecule has 0 aliphatic rings. The summed E-state index contributed by atoms with van der Waals surface area (Å²) >= 11 is 0. The maximum Gasteiger partial charge on any atom is 0.303 e. The van der Waals surface area contributed by atoms with Crippen LogP contribution in [-0.4, -0.2) is 34.7 Å². The van der Waals surface area contributed by atoms with Crippen LogP contribution in [0.15, 0.2) is 12.4 Å². The van der Waals surface area contributed by atoms with Gasteiger partial charge in [0.25, 0.3) is 0 Å². The van der Waals surface area contributed by atoms with Crippen molar-refractivity contribution in [3.63, 3.8) is 0 Å². The molecule has 6 nitrogen and oxygen atoms in total. The van der Waals surface area contributed by atoms with Crippen LogP contribution in [0.2, 0.25) is 0 Å². The molecular formula is C10H15N3O3. The van der Waals surface area contributed by atoms with Crippen LogP contribution in [0.5, 0.6) is 5.88 Å². The first kappa shape index (κ1) is 12.2. The van der Waals surface area contributed by atoms with Crippen molar-refractivity contribution in [1.82, 2.24) is 9.97 Å². The molecule has 0 saturated carbocycles. The van der Waals surface area contributed by atoms with Gasteiger partial charge in [0, 0.05) is 19.0 Å². The Bertz CT molecular complexity index is 357. The predicted octanol–water partition coefficient (Wildman–Crippen LogP) is 1.01. The van der Waals surface area contributed by atoms with Crippen LogP contribution in [0, 0.1) is 5.92 Å². The van der Waals surface area contributed by atoms with Gasteiger partial charge >= 0.3 is 5.97 Å². The molecular weight excluding hydrogens is 210 g/mol. The van der Waals surface area contributed by atoms with Gasteiger partial charge in [0.05, 0.1) is 7.11 Å². The van der Waals surface area contributed by atoms with Crippen LogP contribution in [-0.2, 0) is 4.79 Å².